The average molecular weight is 486 g/mol. The van der Waals surface area contributed by atoms with Gasteiger partial charge in [0.2, 0.25) is 11.8 Å². The Bertz CT molecular complexity index is 869. The highest BCUT2D eigenvalue weighted by atomic mass is 127. The number of nitrogens with one attached hydrogen (secondary N) is 1. The number of nitrogens with zero attached hydrogens (tertiary/aromatic N) is 3. The summed E-state index contributed by atoms with van der Waals surface area (Å²) in [7, 11) is 0. The summed E-state index contributed by atoms with van der Waals surface area (Å²) < 4.78 is 16.8. The number of rotatable bonds is 2. The van der Waals surface area contributed by atoms with Gasteiger partial charge in [0.15, 0.2) is 0 Å². The van der Waals surface area contributed by atoms with Gasteiger partial charge in [0.05, 0.1) is 16.8 Å². The molecule has 2 fully saturated rings. The molecule has 142 valence electrons. The lowest BCUT2D eigenvalue weighted by Gasteiger charge is -2.33. The zero-order chi connectivity index (χ0) is 19.3. The molecule has 10 heteroatoms. The van der Waals surface area contributed by atoms with Gasteiger partial charge in [0.25, 0.3) is 11.8 Å². The maximum Gasteiger partial charge on any atom is 0.262 e. The van der Waals surface area contributed by atoms with Crippen LogP contribution in [0.15, 0.2) is 12.1 Å². The number of piperazine rings is 1. The first kappa shape index (κ1) is 18.3. The minimum atomic E-state index is -1.05. The molecule has 2 saturated heterocycles. The van der Waals surface area contributed by atoms with Gasteiger partial charge in [-0.25, -0.2) is 7.50 Å². The molecule has 3 aliphatic rings. The number of amides is 4. The van der Waals surface area contributed by atoms with E-state index in [0.29, 0.717) is 13.1 Å². The van der Waals surface area contributed by atoms with Crippen LogP contribution < -0.4 is 10.2 Å². The fourth-order valence-corrected chi connectivity index (χ4v) is 4.08. The lowest BCUT2D eigenvalue weighted by molar-refractivity contribution is -0.136. The molecule has 4 rings (SSSR count). The molecule has 3 heterocycles. The Morgan fingerprint density at radius 3 is 2.26 bits per heavy atom. The van der Waals surface area contributed by atoms with E-state index in [-0.39, 0.29) is 29.7 Å². The molecule has 1 atom stereocenters. The SMILES string of the molecule is O=C1CCC(N2C(=O)c3cc(F)c(N4CCN(I)CC4)cc3C2=O)C(=O)N1. The Balaban J connectivity index is 1.65. The van der Waals surface area contributed by atoms with Crippen LogP contribution >= 0.6 is 22.9 Å². The zero-order valence-corrected chi connectivity index (χ0v) is 16.4. The molecule has 1 N–H and O–H groups in total. The number of imide groups is 2. The highest BCUT2D eigenvalue weighted by Crippen LogP contribution is 2.33. The summed E-state index contributed by atoms with van der Waals surface area (Å²) in [5.41, 5.74) is 0.334. The van der Waals surface area contributed by atoms with Crippen LogP contribution in [0.3, 0.4) is 0 Å². The molecule has 0 aromatic heterocycles. The van der Waals surface area contributed by atoms with E-state index in [0.717, 1.165) is 24.1 Å². The maximum atomic E-state index is 14.7. The van der Waals surface area contributed by atoms with Gasteiger partial charge in [0, 0.05) is 55.5 Å². The third-order valence-corrected chi connectivity index (χ3v) is 6.04. The number of carbonyl (C=O) groups is 4. The van der Waals surface area contributed by atoms with Crippen LogP contribution in [0.4, 0.5) is 10.1 Å². The number of carbonyl (C=O) groups excluding carboxylic acids is 4. The quantitative estimate of drug-likeness (QED) is 0.376. The van der Waals surface area contributed by atoms with Crippen molar-refractivity contribution in [3.63, 3.8) is 0 Å². The molecule has 1 unspecified atom stereocenters. The lowest BCUT2D eigenvalue weighted by Crippen LogP contribution is -2.54. The summed E-state index contributed by atoms with van der Waals surface area (Å²) in [6.07, 6.45) is 0.118. The van der Waals surface area contributed by atoms with Crippen molar-refractivity contribution in [1.29, 1.82) is 0 Å². The first-order valence-corrected chi connectivity index (χ1v) is 9.54. The van der Waals surface area contributed by atoms with Crippen molar-refractivity contribution in [3.8, 4) is 0 Å². The Morgan fingerprint density at radius 2 is 1.63 bits per heavy atom. The van der Waals surface area contributed by atoms with Crippen LogP contribution in [0.2, 0.25) is 0 Å². The second-order valence-corrected chi connectivity index (χ2v) is 8.06. The molecule has 1 aromatic rings. The van der Waals surface area contributed by atoms with Crippen molar-refractivity contribution in [1.82, 2.24) is 13.3 Å². The van der Waals surface area contributed by atoms with E-state index in [9.17, 15) is 23.6 Å². The number of benzene rings is 1. The van der Waals surface area contributed by atoms with Gasteiger partial charge in [-0.2, -0.15) is 0 Å². The van der Waals surface area contributed by atoms with Crippen LogP contribution in [0.1, 0.15) is 33.6 Å². The molecular formula is C17H16FIN4O4. The van der Waals surface area contributed by atoms with Gasteiger partial charge in [-0.3, -0.25) is 29.4 Å². The summed E-state index contributed by atoms with van der Waals surface area (Å²) in [5.74, 6) is -3.01. The van der Waals surface area contributed by atoms with Gasteiger partial charge in [-0.1, -0.05) is 0 Å². The average Bonchev–Trinajstić information content (AvgIpc) is 2.86. The Labute approximate surface area is 168 Å². The van der Waals surface area contributed by atoms with Crippen molar-refractivity contribution >= 4 is 52.2 Å². The van der Waals surface area contributed by atoms with E-state index in [1.54, 1.807) is 0 Å². The van der Waals surface area contributed by atoms with Crippen LogP contribution in [0.25, 0.3) is 0 Å². The fraction of sp³-hybridized carbons (Fsp3) is 0.412. The molecule has 0 spiro atoms. The van der Waals surface area contributed by atoms with Crippen molar-refractivity contribution in [2.24, 2.45) is 0 Å². The van der Waals surface area contributed by atoms with Crippen molar-refractivity contribution in [2.75, 3.05) is 31.1 Å². The largest absolute Gasteiger partial charge is 0.367 e. The number of piperidine rings is 1. The molecule has 1 aromatic carbocycles. The summed E-state index contributed by atoms with van der Waals surface area (Å²) in [5, 5.41) is 2.14. The molecule has 0 saturated carbocycles. The molecule has 3 aliphatic heterocycles. The molecule has 0 radical (unpaired) electrons. The first-order chi connectivity index (χ1) is 12.9. The van der Waals surface area contributed by atoms with E-state index >= 15 is 0 Å². The van der Waals surface area contributed by atoms with E-state index in [4.69, 9.17) is 0 Å². The second kappa shape index (κ2) is 6.82. The van der Waals surface area contributed by atoms with E-state index in [2.05, 4.69) is 31.3 Å². The number of anilines is 1. The molecular weight excluding hydrogens is 470 g/mol. The summed E-state index contributed by atoms with van der Waals surface area (Å²) in [6, 6.07) is 1.43. The van der Waals surface area contributed by atoms with Gasteiger partial charge in [-0.15, -0.1) is 0 Å². The number of hydrogen-bond acceptors (Lipinski definition) is 6. The van der Waals surface area contributed by atoms with Gasteiger partial charge in [0.1, 0.15) is 11.9 Å². The topological polar surface area (TPSA) is 90.0 Å². The number of halogens is 2. The number of fused-ring (bicyclic) bond motifs is 1. The van der Waals surface area contributed by atoms with Gasteiger partial charge >= 0.3 is 0 Å². The van der Waals surface area contributed by atoms with Crippen molar-refractivity contribution < 1.29 is 23.6 Å². The predicted octanol–water partition coefficient (Wildman–Crippen LogP) is 0.699. The highest BCUT2D eigenvalue weighted by molar-refractivity contribution is 14.1. The summed E-state index contributed by atoms with van der Waals surface area (Å²) in [6.45, 7) is 2.73. The monoisotopic (exact) mass is 486 g/mol. The zero-order valence-electron chi connectivity index (χ0n) is 14.2. The Kier molecular flexibility index (Phi) is 4.62. The minimum absolute atomic E-state index is 0.0431. The molecule has 8 nitrogen and oxygen atoms in total. The third-order valence-electron chi connectivity index (χ3n) is 5.07. The standard InChI is InChI=1S/C17H16FIN4O4/c18-11-7-9-10(8-13(11)21-3-5-22(19)6-4-21)17(27)23(16(9)26)12-1-2-14(24)20-15(12)25/h7-8,12H,1-6H2,(H,20,24,25). The van der Waals surface area contributed by atoms with Crippen LogP contribution in [0.5, 0.6) is 0 Å². The summed E-state index contributed by atoms with van der Waals surface area (Å²) in [4.78, 5) is 51.6. The van der Waals surface area contributed by atoms with Gasteiger partial charge in [-0.05, 0) is 18.6 Å². The van der Waals surface area contributed by atoms with Crippen molar-refractivity contribution in [2.45, 2.75) is 18.9 Å². The Hall–Kier alpha value is -2.08. The molecule has 27 heavy (non-hydrogen) atoms. The molecule has 4 amide bonds. The fourth-order valence-electron chi connectivity index (χ4n) is 3.64. The second-order valence-electron chi connectivity index (χ2n) is 6.69. The van der Waals surface area contributed by atoms with E-state index in [1.807, 2.05) is 4.90 Å². The minimum Gasteiger partial charge on any atom is -0.367 e. The predicted molar refractivity (Wildman–Crippen MR) is 101 cm³/mol. The summed E-state index contributed by atoms with van der Waals surface area (Å²) >= 11 is 2.21. The molecule has 0 aliphatic carbocycles. The number of hydrogen-bond donors (Lipinski definition) is 1. The van der Waals surface area contributed by atoms with Crippen LogP contribution in [0, 0.1) is 5.82 Å². The van der Waals surface area contributed by atoms with Gasteiger partial charge < -0.3 is 4.90 Å². The normalized spacial score (nSPS) is 23.7. The lowest BCUT2D eigenvalue weighted by atomic mass is 10.0. The molecule has 0 bridgehead atoms. The first-order valence-electron chi connectivity index (χ1n) is 8.57. The smallest absolute Gasteiger partial charge is 0.262 e. The Morgan fingerprint density at radius 1 is 1.00 bits per heavy atom. The third kappa shape index (κ3) is 3.10. The highest BCUT2D eigenvalue weighted by Gasteiger charge is 2.45. The van der Waals surface area contributed by atoms with E-state index in [1.165, 1.54) is 6.07 Å². The maximum absolute atomic E-state index is 14.7. The van der Waals surface area contributed by atoms with Crippen LogP contribution in [-0.4, -0.2) is 63.9 Å². The van der Waals surface area contributed by atoms with Crippen LogP contribution in [-0.2, 0) is 9.59 Å². The van der Waals surface area contributed by atoms with Crippen molar-refractivity contribution in [3.05, 3.63) is 29.1 Å². The van der Waals surface area contributed by atoms with E-state index < -0.39 is 35.5 Å².